The van der Waals surface area contributed by atoms with Crippen molar-refractivity contribution in [2.45, 2.75) is 19.8 Å². The largest absolute Gasteiger partial charge is 0.323 e. The fourth-order valence-electron chi connectivity index (χ4n) is 1.11. The molecule has 2 rings (SSSR count). The number of halogens is 1. The molecule has 0 aliphatic carbocycles. The van der Waals surface area contributed by atoms with E-state index in [0.717, 1.165) is 23.3 Å². The van der Waals surface area contributed by atoms with Gasteiger partial charge in [0.2, 0.25) is 0 Å². The quantitative estimate of drug-likeness (QED) is 0.761. The maximum Gasteiger partial charge on any atom is 0.323 e. The lowest BCUT2D eigenvalue weighted by molar-refractivity contribution is 0.892. The molecule has 0 radical (unpaired) electrons. The molecule has 0 atom stereocenters. The molecular formula is C11H15ClN2O. The number of imidazole rings is 1. The summed E-state index contributed by atoms with van der Waals surface area (Å²) in [4.78, 5) is 16.0. The van der Waals surface area contributed by atoms with E-state index in [0.29, 0.717) is 0 Å². The minimum absolute atomic E-state index is 0.152. The van der Waals surface area contributed by atoms with E-state index in [1.807, 2.05) is 24.3 Å². The number of hydrogen-bond acceptors (Lipinski definition) is 1. The first-order valence-corrected chi connectivity index (χ1v) is 5.54. The van der Waals surface area contributed by atoms with E-state index in [2.05, 4.69) is 16.9 Å². The molecule has 0 fully saturated rings. The molecule has 1 heterocycles. The molecule has 2 aromatic rings. The number of hydrogen-bond donors (Lipinski definition) is 2. The average molecular weight is 227 g/mol. The Morgan fingerprint density at radius 3 is 2.07 bits per heavy atom. The maximum atomic E-state index is 10.7. The summed E-state index contributed by atoms with van der Waals surface area (Å²) >= 11 is 5.30. The van der Waals surface area contributed by atoms with Crippen LogP contribution in [0, 0.1) is 0 Å². The summed E-state index contributed by atoms with van der Waals surface area (Å²) in [6.45, 7) is 2.13. The number of aromatic nitrogens is 2. The molecule has 1 aromatic carbocycles. The van der Waals surface area contributed by atoms with Gasteiger partial charge < -0.3 is 9.97 Å². The number of para-hydroxylation sites is 2. The fraction of sp³-hybridized carbons (Fsp3) is 0.364. The third kappa shape index (κ3) is 3.80. The predicted octanol–water partition coefficient (Wildman–Crippen LogP) is 2.88. The molecule has 4 heteroatoms. The molecule has 0 saturated carbocycles. The van der Waals surface area contributed by atoms with Gasteiger partial charge in [0.15, 0.2) is 0 Å². The van der Waals surface area contributed by atoms with Gasteiger partial charge in [-0.05, 0) is 18.6 Å². The lowest BCUT2D eigenvalue weighted by Crippen LogP contribution is -1.99. The summed E-state index contributed by atoms with van der Waals surface area (Å²) in [7, 11) is 0. The van der Waals surface area contributed by atoms with Gasteiger partial charge in [-0.25, -0.2) is 4.79 Å². The number of H-pyrrole nitrogens is 2. The van der Waals surface area contributed by atoms with Crippen molar-refractivity contribution in [1.82, 2.24) is 9.97 Å². The Morgan fingerprint density at radius 2 is 1.73 bits per heavy atom. The molecule has 15 heavy (non-hydrogen) atoms. The second-order valence-electron chi connectivity index (χ2n) is 3.17. The minimum Gasteiger partial charge on any atom is -0.306 e. The fourth-order valence-corrected chi connectivity index (χ4v) is 1.38. The zero-order chi connectivity index (χ0) is 11.1. The van der Waals surface area contributed by atoms with Crippen LogP contribution in [-0.4, -0.2) is 15.8 Å². The third-order valence-electron chi connectivity index (χ3n) is 1.91. The van der Waals surface area contributed by atoms with Crippen molar-refractivity contribution < 1.29 is 0 Å². The zero-order valence-electron chi connectivity index (χ0n) is 8.72. The van der Waals surface area contributed by atoms with Gasteiger partial charge in [0.05, 0.1) is 11.0 Å². The highest BCUT2D eigenvalue weighted by Crippen LogP contribution is 2.03. The standard InChI is InChI=1S/C7H6N2O.C4H9Cl/c10-7-8-5-3-1-2-4-6(5)9-7;1-2-3-4-5/h1-4H,(H2,8,9,10);2-4H2,1H3. The molecule has 3 nitrogen and oxygen atoms in total. The monoisotopic (exact) mass is 226 g/mol. The van der Waals surface area contributed by atoms with Gasteiger partial charge in [-0.3, -0.25) is 0 Å². The highest BCUT2D eigenvalue weighted by Gasteiger charge is 1.92. The van der Waals surface area contributed by atoms with E-state index < -0.39 is 0 Å². The lowest BCUT2D eigenvalue weighted by Gasteiger charge is -1.81. The Morgan fingerprint density at radius 1 is 1.20 bits per heavy atom. The number of fused-ring (bicyclic) bond motifs is 1. The number of rotatable bonds is 2. The first kappa shape index (κ1) is 11.9. The molecule has 0 unspecified atom stereocenters. The molecule has 0 saturated heterocycles. The normalized spacial score (nSPS) is 9.73. The first-order chi connectivity index (χ1) is 7.27. The molecule has 0 bridgehead atoms. The van der Waals surface area contributed by atoms with E-state index in [4.69, 9.17) is 11.6 Å². The smallest absolute Gasteiger partial charge is 0.306 e. The van der Waals surface area contributed by atoms with Gasteiger partial charge in [-0.2, -0.15) is 0 Å². The van der Waals surface area contributed by atoms with Crippen LogP contribution in [0.25, 0.3) is 11.0 Å². The van der Waals surface area contributed by atoms with E-state index >= 15 is 0 Å². The van der Waals surface area contributed by atoms with Crippen LogP contribution >= 0.6 is 11.6 Å². The van der Waals surface area contributed by atoms with Crippen molar-refractivity contribution in [2.75, 3.05) is 5.88 Å². The number of unbranched alkanes of at least 4 members (excludes halogenated alkanes) is 1. The van der Waals surface area contributed by atoms with Gasteiger partial charge in [-0.15, -0.1) is 11.6 Å². The minimum atomic E-state index is -0.152. The highest BCUT2D eigenvalue weighted by molar-refractivity contribution is 6.17. The molecule has 0 spiro atoms. The number of aromatic amines is 2. The Hall–Kier alpha value is -1.22. The number of benzene rings is 1. The van der Waals surface area contributed by atoms with Gasteiger partial charge in [0, 0.05) is 5.88 Å². The SMILES string of the molecule is CCCCCl.O=c1[nH]c2ccccc2[nH]1. The van der Waals surface area contributed by atoms with E-state index in [9.17, 15) is 4.79 Å². The Bertz CT molecular complexity index is 409. The van der Waals surface area contributed by atoms with Crippen molar-refractivity contribution in [3.8, 4) is 0 Å². The Balaban J connectivity index is 0.000000195. The van der Waals surface area contributed by atoms with Crippen LogP contribution < -0.4 is 5.69 Å². The maximum absolute atomic E-state index is 10.7. The van der Waals surface area contributed by atoms with Gasteiger partial charge in [0.1, 0.15) is 0 Å². The highest BCUT2D eigenvalue weighted by atomic mass is 35.5. The van der Waals surface area contributed by atoms with Crippen LogP contribution in [0.1, 0.15) is 19.8 Å². The van der Waals surface area contributed by atoms with Crippen molar-refractivity contribution in [3.63, 3.8) is 0 Å². The Kier molecular flexibility index (Phi) is 4.98. The van der Waals surface area contributed by atoms with Crippen LogP contribution in [-0.2, 0) is 0 Å². The molecule has 0 amide bonds. The van der Waals surface area contributed by atoms with E-state index in [1.165, 1.54) is 6.42 Å². The second kappa shape index (κ2) is 6.30. The number of alkyl halides is 1. The summed E-state index contributed by atoms with van der Waals surface area (Å²) in [5.74, 6) is 0.816. The van der Waals surface area contributed by atoms with Gasteiger partial charge in [-0.1, -0.05) is 25.5 Å². The van der Waals surface area contributed by atoms with Crippen molar-refractivity contribution in [2.24, 2.45) is 0 Å². The molecule has 0 aliphatic rings. The summed E-state index contributed by atoms with van der Waals surface area (Å²) in [5, 5.41) is 0. The van der Waals surface area contributed by atoms with Gasteiger partial charge in [0.25, 0.3) is 0 Å². The Labute approximate surface area is 93.5 Å². The van der Waals surface area contributed by atoms with Crippen LogP contribution in [0.5, 0.6) is 0 Å². The topological polar surface area (TPSA) is 48.6 Å². The van der Waals surface area contributed by atoms with E-state index in [1.54, 1.807) is 0 Å². The lowest BCUT2D eigenvalue weighted by atomic mass is 10.3. The van der Waals surface area contributed by atoms with Crippen molar-refractivity contribution in [1.29, 1.82) is 0 Å². The molecule has 1 aromatic heterocycles. The predicted molar refractivity (Wildman–Crippen MR) is 64.5 cm³/mol. The van der Waals surface area contributed by atoms with Crippen LogP contribution in [0.2, 0.25) is 0 Å². The first-order valence-electron chi connectivity index (χ1n) is 5.01. The van der Waals surface area contributed by atoms with Gasteiger partial charge >= 0.3 is 5.69 Å². The molecule has 82 valence electrons. The number of nitrogens with one attached hydrogen (secondary N) is 2. The summed E-state index contributed by atoms with van der Waals surface area (Å²) in [6.07, 6.45) is 2.37. The van der Waals surface area contributed by atoms with Crippen LogP contribution in [0.15, 0.2) is 29.1 Å². The molecular weight excluding hydrogens is 212 g/mol. The molecule has 0 aliphatic heterocycles. The summed E-state index contributed by atoms with van der Waals surface area (Å²) < 4.78 is 0. The van der Waals surface area contributed by atoms with E-state index in [-0.39, 0.29) is 5.69 Å². The van der Waals surface area contributed by atoms with Crippen molar-refractivity contribution >= 4 is 22.6 Å². The zero-order valence-corrected chi connectivity index (χ0v) is 9.47. The van der Waals surface area contributed by atoms with Crippen LogP contribution in [0.4, 0.5) is 0 Å². The second-order valence-corrected chi connectivity index (χ2v) is 3.55. The van der Waals surface area contributed by atoms with Crippen LogP contribution in [0.3, 0.4) is 0 Å². The summed E-state index contributed by atoms with van der Waals surface area (Å²) in [6, 6.07) is 7.47. The summed E-state index contributed by atoms with van der Waals surface area (Å²) in [5.41, 5.74) is 1.56. The third-order valence-corrected chi connectivity index (χ3v) is 2.18. The van der Waals surface area contributed by atoms with Crippen molar-refractivity contribution in [3.05, 3.63) is 34.7 Å². The average Bonchev–Trinajstić information content (AvgIpc) is 2.60. The molecule has 2 N–H and O–H groups in total.